The second-order valence-corrected chi connectivity index (χ2v) is 3.51. The van der Waals surface area contributed by atoms with E-state index >= 15 is 0 Å². The van der Waals surface area contributed by atoms with Crippen molar-refractivity contribution in [1.29, 1.82) is 0 Å². The van der Waals surface area contributed by atoms with Crippen molar-refractivity contribution in [2.45, 2.75) is 18.3 Å². The van der Waals surface area contributed by atoms with Gasteiger partial charge in [-0.15, -0.1) is 0 Å². The highest BCUT2D eigenvalue weighted by Crippen LogP contribution is 2.13. The van der Waals surface area contributed by atoms with Gasteiger partial charge in [-0.1, -0.05) is 22.9 Å². The summed E-state index contributed by atoms with van der Waals surface area (Å²) >= 11 is 3.38. The van der Waals surface area contributed by atoms with E-state index in [1.54, 1.807) is 0 Å². The lowest BCUT2D eigenvalue weighted by Gasteiger charge is -2.31. The fourth-order valence-electron chi connectivity index (χ4n) is 1.06. The average molecular weight is 222 g/mol. The van der Waals surface area contributed by atoms with Gasteiger partial charge < -0.3 is 9.64 Å². The standard InChI is InChI=1S/C7H12BrNO2/c1-2-7(10)9-3-4-11-5-6(9)8/h6H,2-5H2,1H3. The molecule has 11 heavy (non-hydrogen) atoms. The number of ether oxygens (including phenoxy) is 1. The number of hydrogen-bond acceptors (Lipinski definition) is 2. The predicted molar refractivity (Wildman–Crippen MR) is 45.5 cm³/mol. The summed E-state index contributed by atoms with van der Waals surface area (Å²) in [4.78, 5) is 13.1. The molecule has 0 N–H and O–H groups in total. The molecular formula is C7H12BrNO2. The van der Waals surface area contributed by atoms with Crippen LogP contribution in [0.4, 0.5) is 0 Å². The summed E-state index contributed by atoms with van der Waals surface area (Å²) in [5.74, 6) is 0.190. The van der Waals surface area contributed by atoms with Crippen molar-refractivity contribution in [1.82, 2.24) is 4.90 Å². The minimum absolute atomic E-state index is 0.0729. The maximum Gasteiger partial charge on any atom is 0.223 e. The molecule has 4 heteroatoms. The van der Waals surface area contributed by atoms with Gasteiger partial charge in [0.2, 0.25) is 5.91 Å². The van der Waals surface area contributed by atoms with Crippen LogP contribution in [0.5, 0.6) is 0 Å². The Bertz CT molecular complexity index is 151. The van der Waals surface area contributed by atoms with Crippen LogP contribution in [0.1, 0.15) is 13.3 Å². The molecule has 1 aliphatic heterocycles. The van der Waals surface area contributed by atoms with Crippen molar-refractivity contribution >= 4 is 21.8 Å². The highest BCUT2D eigenvalue weighted by Gasteiger charge is 2.23. The Morgan fingerprint density at radius 1 is 1.82 bits per heavy atom. The molecule has 1 heterocycles. The van der Waals surface area contributed by atoms with Crippen molar-refractivity contribution in [2.75, 3.05) is 19.8 Å². The molecule has 0 aromatic rings. The lowest BCUT2D eigenvalue weighted by atomic mass is 10.3. The molecule has 1 aliphatic rings. The molecule has 1 unspecified atom stereocenters. The van der Waals surface area contributed by atoms with E-state index in [-0.39, 0.29) is 10.9 Å². The number of hydrogen-bond donors (Lipinski definition) is 0. The van der Waals surface area contributed by atoms with Gasteiger partial charge in [0.05, 0.1) is 13.2 Å². The number of carbonyl (C=O) groups excluding carboxylic acids is 1. The van der Waals surface area contributed by atoms with Crippen LogP contribution in [0.15, 0.2) is 0 Å². The van der Waals surface area contributed by atoms with Crippen molar-refractivity contribution in [3.8, 4) is 0 Å². The van der Waals surface area contributed by atoms with Crippen molar-refractivity contribution in [3.63, 3.8) is 0 Å². The molecule has 0 spiro atoms. The van der Waals surface area contributed by atoms with Gasteiger partial charge in [-0.25, -0.2) is 0 Å². The minimum Gasteiger partial charge on any atom is -0.377 e. The van der Waals surface area contributed by atoms with E-state index in [4.69, 9.17) is 4.74 Å². The summed E-state index contributed by atoms with van der Waals surface area (Å²) in [5, 5.41) is 0. The first kappa shape index (κ1) is 9.00. The van der Waals surface area contributed by atoms with Crippen LogP contribution >= 0.6 is 15.9 Å². The van der Waals surface area contributed by atoms with Gasteiger partial charge in [0.25, 0.3) is 0 Å². The van der Waals surface area contributed by atoms with E-state index in [1.165, 1.54) is 0 Å². The van der Waals surface area contributed by atoms with Crippen LogP contribution in [-0.2, 0) is 9.53 Å². The first-order valence-corrected chi connectivity index (χ1v) is 4.68. The zero-order valence-electron chi connectivity index (χ0n) is 6.55. The molecule has 0 aromatic carbocycles. The molecule has 1 fully saturated rings. The first-order valence-electron chi connectivity index (χ1n) is 3.77. The Hall–Kier alpha value is -0.0900. The summed E-state index contributed by atoms with van der Waals surface area (Å²) in [6, 6.07) is 0. The molecule has 0 radical (unpaired) electrons. The Morgan fingerprint density at radius 3 is 3.09 bits per heavy atom. The summed E-state index contributed by atoms with van der Waals surface area (Å²) in [5.41, 5.74) is 0. The number of rotatable bonds is 1. The van der Waals surface area contributed by atoms with Gasteiger partial charge in [-0.2, -0.15) is 0 Å². The van der Waals surface area contributed by atoms with Crippen LogP contribution in [-0.4, -0.2) is 35.5 Å². The number of amides is 1. The van der Waals surface area contributed by atoms with Gasteiger partial charge >= 0.3 is 0 Å². The molecule has 1 rings (SSSR count). The molecule has 0 aliphatic carbocycles. The van der Waals surface area contributed by atoms with Gasteiger partial charge in [0.1, 0.15) is 4.95 Å². The molecule has 0 bridgehead atoms. The zero-order chi connectivity index (χ0) is 8.27. The van der Waals surface area contributed by atoms with Crippen LogP contribution < -0.4 is 0 Å². The van der Waals surface area contributed by atoms with Crippen molar-refractivity contribution in [2.24, 2.45) is 0 Å². The van der Waals surface area contributed by atoms with E-state index in [2.05, 4.69) is 15.9 Å². The summed E-state index contributed by atoms with van der Waals surface area (Å²) in [6.45, 7) is 3.85. The normalized spacial score (nSPS) is 25.3. The highest BCUT2D eigenvalue weighted by atomic mass is 79.9. The topological polar surface area (TPSA) is 29.5 Å². The molecule has 1 amide bonds. The molecule has 64 valence electrons. The third-order valence-corrected chi connectivity index (χ3v) is 2.45. The SMILES string of the molecule is CCC(=O)N1CCOCC1Br. The maximum absolute atomic E-state index is 11.2. The molecule has 3 nitrogen and oxygen atoms in total. The Kier molecular flexibility index (Phi) is 3.33. The van der Waals surface area contributed by atoms with E-state index in [1.807, 2.05) is 11.8 Å². The largest absolute Gasteiger partial charge is 0.377 e. The molecular weight excluding hydrogens is 210 g/mol. The van der Waals surface area contributed by atoms with Crippen LogP contribution in [0.2, 0.25) is 0 Å². The van der Waals surface area contributed by atoms with Gasteiger partial charge in [-0.3, -0.25) is 4.79 Å². The Balaban J connectivity index is 2.47. The molecule has 0 aromatic heterocycles. The summed E-state index contributed by atoms with van der Waals surface area (Å²) < 4.78 is 5.17. The number of nitrogens with zero attached hydrogens (tertiary/aromatic N) is 1. The number of morpholine rings is 1. The minimum atomic E-state index is 0.0729. The van der Waals surface area contributed by atoms with Crippen LogP contribution in [0, 0.1) is 0 Å². The second-order valence-electron chi connectivity index (χ2n) is 2.45. The van der Waals surface area contributed by atoms with E-state index < -0.39 is 0 Å². The number of carbonyl (C=O) groups is 1. The van der Waals surface area contributed by atoms with E-state index in [9.17, 15) is 4.79 Å². The lowest BCUT2D eigenvalue weighted by molar-refractivity contribution is -0.135. The van der Waals surface area contributed by atoms with Gasteiger partial charge in [0, 0.05) is 13.0 Å². The van der Waals surface area contributed by atoms with Crippen LogP contribution in [0.3, 0.4) is 0 Å². The predicted octanol–water partition coefficient (Wildman–Crippen LogP) is 0.976. The van der Waals surface area contributed by atoms with E-state index in [0.717, 1.165) is 0 Å². The number of halogens is 1. The van der Waals surface area contributed by atoms with Crippen LogP contribution in [0.25, 0.3) is 0 Å². The average Bonchev–Trinajstić information content (AvgIpc) is 2.04. The summed E-state index contributed by atoms with van der Waals surface area (Å²) in [7, 11) is 0. The van der Waals surface area contributed by atoms with Crippen molar-refractivity contribution < 1.29 is 9.53 Å². The third kappa shape index (κ3) is 2.17. The fraction of sp³-hybridized carbons (Fsp3) is 0.857. The highest BCUT2D eigenvalue weighted by molar-refractivity contribution is 9.09. The van der Waals surface area contributed by atoms with Crippen molar-refractivity contribution in [3.05, 3.63) is 0 Å². The Labute approximate surface area is 74.8 Å². The molecule has 0 saturated carbocycles. The molecule has 1 saturated heterocycles. The second kappa shape index (κ2) is 4.07. The van der Waals surface area contributed by atoms with Gasteiger partial charge in [0.15, 0.2) is 0 Å². The first-order chi connectivity index (χ1) is 5.25. The summed E-state index contributed by atoms with van der Waals surface area (Å²) in [6.07, 6.45) is 0.572. The van der Waals surface area contributed by atoms with E-state index in [0.29, 0.717) is 26.2 Å². The zero-order valence-corrected chi connectivity index (χ0v) is 8.13. The lowest BCUT2D eigenvalue weighted by Crippen LogP contribution is -2.45. The maximum atomic E-state index is 11.2. The Morgan fingerprint density at radius 2 is 2.55 bits per heavy atom. The number of alkyl halides is 1. The third-order valence-electron chi connectivity index (χ3n) is 1.69. The fourth-order valence-corrected chi connectivity index (χ4v) is 1.68. The smallest absolute Gasteiger partial charge is 0.223 e. The quantitative estimate of drug-likeness (QED) is 0.488. The van der Waals surface area contributed by atoms with Gasteiger partial charge in [-0.05, 0) is 0 Å². The molecule has 1 atom stereocenters. The monoisotopic (exact) mass is 221 g/mol.